The van der Waals surface area contributed by atoms with Crippen LogP contribution in [0.5, 0.6) is 5.75 Å². The van der Waals surface area contributed by atoms with Crippen LogP contribution in [0.4, 0.5) is 0 Å². The van der Waals surface area contributed by atoms with E-state index in [-0.39, 0.29) is 17.9 Å². The zero-order valence-electron chi connectivity index (χ0n) is 10.4. The maximum Gasteiger partial charge on any atom is 0.339 e. The first-order chi connectivity index (χ1) is 8.97. The van der Waals surface area contributed by atoms with Gasteiger partial charge in [-0.15, -0.1) is 0 Å². The molecule has 0 aliphatic carbocycles. The number of carbonyl (C=O) groups is 1. The summed E-state index contributed by atoms with van der Waals surface area (Å²) in [4.78, 5) is 15.2. The topological polar surface area (TPSA) is 72.6 Å². The lowest BCUT2D eigenvalue weighted by Crippen LogP contribution is -2.03. The zero-order chi connectivity index (χ0) is 14.0. The van der Waals surface area contributed by atoms with Crippen molar-refractivity contribution in [2.75, 3.05) is 0 Å². The van der Waals surface area contributed by atoms with Gasteiger partial charge < -0.3 is 14.3 Å². The van der Waals surface area contributed by atoms with Crippen molar-refractivity contribution >= 4 is 21.9 Å². The maximum atomic E-state index is 11.1. The second-order valence-corrected chi connectivity index (χ2v) is 4.90. The van der Waals surface area contributed by atoms with Crippen LogP contribution in [0.1, 0.15) is 27.7 Å². The molecule has 19 heavy (non-hydrogen) atoms. The molecule has 1 heterocycles. The number of nitrogens with zero attached hydrogens (tertiary/aromatic N) is 1. The molecule has 2 aromatic rings. The van der Waals surface area contributed by atoms with E-state index in [0.29, 0.717) is 5.89 Å². The summed E-state index contributed by atoms with van der Waals surface area (Å²) < 4.78 is 11.6. The van der Waals surface area contributed by atoms with Crippen molar-refractivity contribution < 1.29 is 19.1 Å². The van der Waals surface area contributed by atoms with Crippen molar-refractivity contribution in [3.05, 3.63) is 45.6 Å². The van der Waals surface area contributed by atoms with Gasteiger partial charge in [-0.05, 0) is 32.0 Å². The average molecular weight is 326 g/mol. The zero-order valence-corrected chi connectivity index (χ0v) is 12.0. The Bertz CT molecular complexity index is 602. The van der Waals surface area contributed by atoms with Gasteiger partial charge in [0.1, 0.15) is 17.1 Å². The highest BCUT2D eigenvalue weighted by Crippen LogP contribution is 2.24. The second-order valence-electron chi connectivity index (χ2n) is 3.98. The molecule has 2 rings (SSSR count). The minimum absolute atomic E-state index is 0.0887. The number of rotatable bonds is 4. The third kappa shape index (κ3) is 3.14. The molecule has 0 aliphatic rings. The van der Waals surface area contributed by atoms with E-state index in [9.17, 15) is 4.79 Å². The number of halogens is 1. The molecular weight excluding hydrogens is 314 g/mol. The van der Waals surface area contributed by atoms with Gasteiger partial charge in [0.15, 0.2) is 6.61 Å². The van der Waals surface area contributed by atoms with Crippen molar-refractivity contribution in [1.29, 1.82) is 0 Å². The number of benzene rings is 1. The van der Waals surface area contributed by atoms with Crippen LogP contribution in [-0.4, -0.2) is 16.1 Å². The van der Waals surface area contributed by atoms with E-state index in [1.807, 2.05) is 13.8 Å². The molecule has 0 aliphatic heterocycles. The minimum atomic E-state index is -1.04. The molecular formula is C13H12BrNO4. The minimum Gasteiger partial charge on any atom is -0.483 e. The summed E-state index contributed by atoms with van der Waals surface area (Å²) in [7, 11) is 0. The molecule has 0 saturated heterocycles. The largest absolute Gasteiger partial charge is 0.483 e. The Morgan fingerprint density at radius 1 is 1.47 bits per heavy atom. The van der Waals surface area contributed by atoms with E-state index in [2.05, 4.69) is 20.9 Å². The Morgan fingerprint density at radius 3 is 2.79 bits per heavy atom. The van der Waals surface area contributed by atoms with E-state index in [1.165, 1.54) is 6.07 Å². The summed E-state index contributed by atoms with van der Waals surface area (Å²) in [6.07, 6.45) is 0. The fourth-order valence-corrected chi connectivity index (χ4v) is 1.87. The predicted octanol–water partition coefficient (Wildman–Crippen LogP) is 3.33. The molecule has 0 spiro atoms. The molecule has 0 unspecified atom stereocenters. The first-order valence-corrected chi connectivity index (χ1v) is 6.35. The van der Waals surface area contributed by atoms with Gasteiger partial charge in [0.05, 0.1) is 5.69 Å². The van der Waals surface area contributed by atoms with E-state index in [1.54, 1.807) is 12.1 Å². The van der Waals surface area contributed by atoms with Gasteiger partial charge >= 0.3 is 5.97 Å². The molecule has 0 atom stereocenters. The fourth-order valence-electron chi connectivity index (χ4n) is 1.53. The van der Waals surface area contributed by atoms with Gasteiger partial charge in [-0.1, -0.05) is 15.9 Å². The molecule has 1 aromatic heterocycles. The summed E-state index contributed by atoms with van der Waals surface area (Å²) in [6, 6.07) is 4.73. The van der Waals surface area contributed by atoms with Crippen LogP contribution in [0, 0.1) is 13.8 Å². The van der Waals surface area contributed by atoms with E-state index < -0.39 is 5.97 Å². The summed E-state index contributed by atoms with van der Waals surface area (Å²) in [5.74, 6) is 0.385. The molecule has 6 heteroatoms. The average Bonchev–Trinajstić information content (AvgIpc) is 2.66. The molecule has 0 amide bonds. The van der Waals surface area contributed by atoms with Crippen molar-refractivity contribution in [2.24, 2.45) is 0 Å². The number of hydrogen-bond acceptors (Lipinski definition) is 4. The number of ether oxygens (including phenoxy) is 1. The standard InChI is InChI=1S/C13H12BrNO4/c1-7-8(2)19-12(15-7)6-18-11-5-9(14)3-4-10(11)13(16)17/h3-5H,6H2,1-2H3,(H,16,17). The molecule has 1 N–H and O–H groups in total. The SMILES string of the molecule is Cc1nc(COc2cc(Br)ccc2C(=O)O)oc1C. The third-order valence-corrected chi connectivity index (χ3v) is 3.09. The van der Waals surface area contributed by atoms with Crippen LogP contribution in [-0.2, 0) is 6.61 Å². The van der Waals surface area contributed by atoms with Crippen LogP contribution in [0.3, 0.4) is 0 Å². The second kappa shape index (κ2) is 5.44. The number of carboxylic acids is 1. The van der Waals surface area contributed by atoms with Gasteiger partial charge in [0, 0.05) is 4.47 Å². The first-order valence-electron chi connectivity index (χ1n) is 5.56. The van der Waals surface area contributed by atoms with E-state index in [4.69, 9.17) is 14.3 Å². The fraction of sp³-hybridized carbons (Fsp3) is 0.231. The monoisotopic (exact) mass is 325 g/mol. The van der Waals surface area contributed by atoms with Crippen molar-refractivity contribution in [1.82, 2.24) is 4.98 Å². The van der Waals surface area contributed by atoms with Crippen LogP contribution >= 0.6 is 15.9 Å². The van der Waals surface area contributed by atoms with Crippen LogP contribution < -0.4 is 4.74 Å². The molecule has 100 valence electrons. The highest BCUT2D eigenvalue weighted by molar-refractivity contribution is 9.10. The Hall–Kier alpha value is -1.82. The number of aromatic carboxylic acids is 1. The lowest BCUT2D eigenvalue weighted by molar-refractivity contribution is 0.0691. The van der Waals surface area contributed by atoms with Gasteiger partial charge in [0.2, 0.25) is 5.89 Å². The Labute approximate surface area is 118 Å². The predicted molar refractivity (Wildman–Crippen MR) is 71.4 cm³/mol. The van der Waals surface area contributed by atoms with Crippen molar-refractivity contribution in [3.8, 4) is 5.75 Å². The number of aromatic nitrogens is 1. The van der Waals surface area contributed by atoms with Gasteiger partial charge in [-0.25, -0.2) is 9.78 Å². The quantitative estimate of drug-likeness (QED) is 0.933. The maximum absolute atomic E-state index is 11.1. The van der Waals surface area contributed by atoms with Crippen molar-refractivity contribution in [3.63, 3.8) is 0 Å². The molecule has 5 nitrogen and oxygen atoms in total. The lowest BCUT2D eigenvalue weighted by atomic mass is 10.2. The smallest absolute Gasteiger partial charge is 0.339 e. The van der Waals surface area contributed by atoms with Crippen LogP contribution in [0.2, 0.25) is 0 Å². The highest BCUT2D eigenvalue weighted by Gasteiger charge is 2.13. The van der Waals surface area contributed by atoms with E-state index in [0.717, 1.165) is 15.9 Å². The Balaban J connectivity index is 2.19. The number of oxazole rings is 1. The van der Waals surface area contributed by atoms with Crippen molar-refractivity contribution in [2.45, 2.75) is 20.5 Å². The summed E-state index contributed by atoms with van der Waals surface area (Å²) >= 11 is 3.28. The molecule has 0 radical (unpaired) electrons. The van der Waals surface area contributed by atoms with Gasteiger partial charge in [-0.2, -0.15) is 0 Å². The van der Waals surface area contributed by atoms with E-state index >= 15 is 0 Å². The Kier molecular flexibility index (Phi) is 3.90. The third-order valence-electron chi connectivity index (χ3n) is 2.60. The normalized spacial score (nSPS) is 10.5. The molecule has 0 bridgehead atoms. The summed E-state index contributed by atoms with van der Waals surface area (Å²) in [6.45, 7) is 3.74. The lowest BCUT2D eigenvalue weighted by Gasteiger charge is -2.07. The molecule has 1 aromatic carbocycles. The highest BCUT2D eigenvalue weighted by atomic mass is 79.9. The number of hydrogen-bond donors (Lipinski definition) is 1. The molecule has 0 fully saturated rings. The molecule has 0 saturated carbocycles. The summed E-state index contributed by atoms with van der Waals surface area (Å²) in [5.41, 5.74) is 0.898. The van der Waals surface area contributed by atoms with Crippen LogP contribution in [0.25, 0.3) is 0 Å². The Morgan fingerprint density at radius 2 is 2.21 bits per heavy atom. The van der Waals surface area contributed by atoms with Gasteiger partial charge in [0.25, 0.3) is 0 Å². The number of carboxylic acid groups (broad SMARTS) is 1. The first kappa shape index (κ1) is 13.6. The van der Waals surface area contributed by atoms with Crippen LogP contribution in [0.15, 0.2) is 27.1 Å². The van der Waals surface area contributed by atoms with Gasteiger partial charge in [-0.3, -0.25) is 0 Å². The number of aryl methyl sites for hydroxylation is 2. The summed E-state index contributed by atoms with van der Waals surface area (Å²) in [5, 5.41) is 9.07.